The van der Waals surface area contributed by atoms with Crippen LogP contribution in [-0.2, 0) is 0 Å². The minimum atomic E-state index is -0.0122. The van der Waals surface area contributed by atoms with E-state index in [1.807, 2.05) is 18.7 Å². The third-order valence-corrected chi connectivity index (χ3v) is 4.80. The Kier molecular flexibility index (Phi) is 4.11. The molecule has 2 atom stereocenters. The topological polar surface area (TPSA) is 38.0 Å². The van der Waals surface area contributed by atoms with Gasteiger partial charge in [0.05, 0.1) is 6.04 Å². The van der Waals surface area contributed by atoms with Crippen molar-refractivity contribution >= 4 is 11.8 Å². The van der Waals surface area contributed by atoms with E-state index in [1.54, 1.807) is 0 Å². The number of nitrogens with one attached hydrogen (secondary N) is 1. The van der Waals surface area contributed by atoms with Crippen LogP contribution in [0.25, 0.3) is 0 Å². The van der Waals surface area contributed by atoms with Gasteiger partial charge in [-0.15, -0.1) is 6.42 Å². The first-order valence-electron chi connectivity index (χ1n) is 5.49. The maximum absolute atomic E-state index is 5.97. The highest BCUT2D eigenvalue weighted by Gasteiger charge is 2.46. The fourth-order valence-electron chi connectivity index (χ4n) is 2.10. The summed E-state index contributed by atoms with van der Waals surface area (Å²) in [4.78, 5) is 0. The predicted octanol–water partition coefficient (Wildman–Crippen LogP) is 1.46. The van der Waals surface area contributed by atoms with Crippen molar-refractivity contribution in [2.24, 2.45) is 11.1 Å². The molecule has 2 unspecified atom stereocenters. The Bertz CT molecular complexity index is 257. The molecule has 0 bridgehead atoms. The van der Waals surface area contributed by atoms with Crippen molar-refractivity contribution in [2.75, 3.05) is 18.1 Å². The fraction of sp³-hybridized carbons (Fsp3) is 0.833. The minimum Gasteiger partial charge on any atom is -0.329 e. The highest BCUT2D eigenvalue weighted by molar-refractivity contribution is 7.99. The number of thioether (sulfide) groups is 1. The summed E-state index contributed by atoms with van der Waals surface area (Å²) < 4.78 is 0. The van der Waals surface area contributed by atoms with Gasteiger partial charge in [0.25, 0.3) is 0 Å². The molecule has 1 saturated heterocycles. The van der Waals surface area contributed by atoms with E-state index >= 15 is 0 Å². The molecule has 0 spiro atoms. The predicted molar refractivity (Wildman–Crippen MR) is 68.9 cm³/mol. The number of nitrogens with two attached hydrogens (primary N) is 1. The van der Waals surface area contributed by atoms with E-state index in [1.165, 1.54) is 12.2 Å². The van der Waals surface area contributed by atoms with Gasteiger partial charge in [-0.1, -0.05) is 19.8 Å². The van der Waals surface area contributed by atoms with Crippen LogP contribution in [-0.4, -0.2) is 29.6 Å². The third kappa shape index (κ3) is 2.50. The molecule has 0 aromatic heterocycles. The molecule has 0 aliphatic carbocycles. The first-order valence-corrected chi connectivity index (χ1v) is 6.64. The monoisotopic (exact) mass is 226 g/mol. The van der Waals surface area contributed by atoms with Gasteiger partial charge in [0.2, 0.25) is 0 Å². The molecule has 3 heteroatoms. The molecule has 1 aliphatic heterocycles. The van der Waals surface area contributed by atoms with Gasteiger partial charge in [0, 0.05) is 17.8 Å². The van der Waals surface area contributed by atoms with Crippen LogP contribution in [0.1, 0.15) is 27.2 Å². The zero-order valence-electron chi connectivity index (χ0n) is 9.97. The summed E-state index contributed by atoms with van der Waals surface area (Å²) >= 11 is 1.97. The van der Waals surface area contributed by atoms with Gasteiger partial charge in [0.1, 0.15) is 0 Å². The zero-order valence-corrected chi connectivity index (χ0v) is 10.8. The standard InChI is InChI=1S/C12H22N2S/c1-5-10(2)14-12(8-13)9-15-7-6-11(12,3)4/h1,10,14H,6-9,13H2,2-4H3. The average Bonchev–Trinajstić information content (AvgIpc) is 2.21. The SMILES string of the molecule is C#CC(C)NC1(CN)CSCCC1(C)C. The molecule has 1 rings (SSSR count). The van der Waals surface area contributed by atoms with Crippen LogP contribution in [0.4, 0.5) is 0 Å². The van der Waals surface area contributed by atoms with E-state index in [0.29, 0.717) is 6.54 Å². The van der Waals surface area contributed by atoms with E-state index in [4.69, 9.17) is 12.2 Å². The summed E-state index contributed by atoms with van der Waals surface area (Å²) in [7, 11) is 0. The highest BCUT2D eigenvalue weighted by Crippen LogP contribution is 2.41. The number of rotatable bonds is 3. The smallest absolute Gasteiger partial charge is 0.0663 e. The summed E-state index contributed by atoms with van der Waals surface area (Å²) in [6.07, 6.45) is 6.62. The van der Waals surface area contributed by atoms with E-state index in [0.717, 1.165) is 5.75 Å². The van der Waals surface area contributed by atoms with Crippen LogP contribution in [0.2, 0.25) is 0 Å². The molecule has 0 radical (unpaired) electrons. The Hall–Kier alpha value is -0.170. The van der Waals surface area contributed by atoms with Crippen molar-refractivity contribution in [3.05, 3.63) is 0 Å². The lowest BCUT2D eigenvalue weighted by Gasteiger charge is -2.50. The highest BCUT2D eigenvalue weighted by atomic mass is 32.2. The van der Waals surface area contributed by atoms with Crippen LogP contribution in [0, 0.1) is 17.8 Å². The lowest BCUT2D eigenvalue weighted by Crippen LogP contribution is -2.66. The zero-order chi connectivity index (χ0) is 11.5. The lowest BCUT2D eigenvalue weighted by atomic mass is 9.70. The lowest BCUT2D eigenvalue weighted by molar-refractivity contribution is 0.132. The molecule has 0 aromatic rings. The Morgan fingerprint density at radius 2 is 2.27 bits per heavy atom. The van der Waals surface area contributed by atoms with E-state index < -0.39 is 0 Å². The normalized spacial score (nSPS) is 31.9. The quantitative estimate of drug-likeness (QED) is 0.716. The van der Waals surface area contributed by atoms with E-state index in [-0.39, 0.29) is 17.0 Å². The van der Waals surface area contributed by atoms with Gasteiger partial charge in [0.15, 0.2) is 0 Å². The summed E-state index contributed by atoms with van der Waals surface area (Å²) in [5.41, 5.74) is 6.18. The van der Waals surface area contributed by atoms with Crippen molar-refractivity contribution in [1.82, 2.24) is 5.32 Å². The maximum atomic E-state index is 5.97. The second-order valence-corrected chi connectivity index (χ2v) is 6.11. The largest absolute Gasteiger partial charge is 0.329 e. The number of hydrogen-bond acceptors (Lipinski definition) is 3. The van der Waals surface area contributed by atoms with E-state index in [2.05, 4.69) is 25.1 Å². The first kappa shape index (κ1) is 12.9. The molecule has 1 aliphatic rings. The number of terminal acetylenes is 1. The minimum absolute atomic E-state index is 0.0122. The van der Waals surface area contributed by atoms with E-state index in [9.17, 15) is 0 Å². The molecule has 3 N–H and O–H groups in total. The van der Waals surface area contributed by atoms with Gasteiger partial charge >= 0.3 is 0 Å². The Labute approximate surface area is 97.8 Å². The maximum Gasteiger partial charge on any atom is 0.0663 e. The fourth-order valence-corrected chi connectivity index (χ4v) is 3.84. The van der Waals surface area contributed by atoms with Gasteiger partial charge in [-0.05, 0) is 24.5 Å². The van der Waals surface area contributed by atoms with Crippen LogP contribution >= 0.6 is 11.8 Å². The Balaban J connectivity index is 2.86. The first-order chi connectivity index (χ1) is 6.97. The van der Waals surface area contributed by atoms with Crippen molar-refractivity contribution in [1.29, 1.82) is 0 Å². The number of hydrogen-bond donors (Lipinski definition) is 2. The second kappa shape index (κ2) is 4.78. The molecule has 15 heavy (non-hydrogen) atoms. The molecule has 0 aromatic carbocycles. The third-order valence-electron chi connectivity index (χ3n) is 3.61. The Morgan fingerprint density at radius 1 is 1.60 bits per heavy atom. The molecule has 2 nitrogen and oxygen atoms in total. The second-order valence-electron chi connectivity index (χ2n) is 5.01. The molecule has 0 saturated carbocycles. The van der Waals surface area contributed by atoms with Crippen LogP contribution in [0.15, 0.2) is 0 Å². The van der Waals surface area contributed by atoms with Crippen molar-refractivity contribution in [3.8, 4) is 12.3 Å². The summed E-state index contributed by atoms with van der Waals surface area (Å²) in [5.74, 6) is 5.01. The van der Waals surface area contributed by atoms with Crippen LogP contribution < -0.4 is 11.1 Å². The molecule has 1 heterocycles. The van der Waals surface area contributed by atoms with Crippen molar-refractivity contribution in [3.63, 3.8) is 0 Å². The molecule has 1 fully saturated rings. The molecular weight excluding hydrogens is 204 g/mol. The molecular formula is C12H22N2S. The van der Waals surface area contributed by atoms with Crippen LogP contribution in [0.5, 0.6) is 0 Å². The van der Waals surface area contributed by atoms with Gasteiger partial charge in [-0.25, -0.2) is 0 Å². The van der Waals surface area contributed by atoms with Gasteiger partial charge in [-0.3, -0.25) is 5.32 Å². The van der Waals surface area contributed by atoms with Crippen LogP contribution in [0.3, 0.4) is 0 Å². The summed E-state index contributed by atoms with van der Waals surface area (Å²) in [6.45, 7) is 7.25. The van der Waals surface area contributed by atoms with Crippen molar-refractivity contribution in [2.45, 2.75) is 38.8 Å². The Morgan fingerprint density at radius 3 is 2.73 bits per heavy atom. The van der Waals surface area contributed by atoms with Crippen molar-refractivity contribution < 1.29 is 0 Å². The van der Waals surface area contributed by atoms with Gasteiger partial charge < -0.3 is 5.73 Å². The molecule has 0 amide bonds. The average molecular weight is 226 g/mol. The van der Waals surface area contributed by atoms with Gasteiger partial charge in [-0.2, -0.15) is 11.8 Å². The summed E-state index contributed by atoms with van der Waals surface area (Å²) in [6, 6.07) is 0.0894. The summed E-state index contributed by atoms with van der Waals surface area (Å²) in [5, 5.41) is 3.54. The molecule has 86 valence electrons.